The Balaban J connectivity index is 1.13. The minimum atomic E-state index is 0.819. The molecular weight excluding hydrogens is 767 g/mol. The van der Waals surface area contributed by atoms with Crippen molar-refractivity contribution in [2.75, 3.05) is 0 Å². The summed E-state index contributed by atoms with van der Waals surface area (Å²) in [5.74, 6) is 0.829. The molecule has 0 aliphatic carbocycles. The van der Waals surface area contributed by atoms with Crippen LogP contribution >= 0.6 is 0 Å². The first-order valence-electron chi connectivity index (χ1n) is 21.5. The van der Waals surface area contributed by atoms with Gasteiger partial charge >= 0.3 is 0 Å². The smallest absolute Gasteiger partial charge is 0.147 e. The van der Waals surface area contributed by atoms with Crippen molar-refractivity contribution in [1.29, 1.82) is 0 Å². The summed E-state index contributed by atoms with van der Waals surface area (Å²) in [5.41, 5.74) is 15.8. The van der Waals surface area contributed by atoms with Crippen LogP contribution in [-0.4, -0.2) is 14.1 Å². The van der Waals surface area contributed by atoms with Gasteiger partial charge in [0.2, 0.25) is 0 Å². The van der Waals surface area contributed by atoms with Gasteiger partial charge in [0.15, 0.2) is 0 Å². The van der Waals surface area contributed by atoms with Crippen LogP contribution in [0.5, 0.6) is 0 Å². The molecule has 4 heterocycles. The lowest BCUT2D eigenvalue weighted by Crippen LogP contribution is -2.00. The zero-order valence-electron chi connectivity index (χ0n) is 34.1. The first kappa shape index (κ1) is 35.3. The molecule has 0 unspecified atom stereocenters. The summed E-state index contributed by atoms with van der Waals surface area (Å²) in [5, 5.41) is 6.87. The predicted molar refractivity (Wildman–Crippen MR) is 262 cm³/mol. The van der Waals surface area contributed by atoms with Gasteiger partial charge in [-0.25, -0.2) is 4.98 Å². The third kappa shape index (κ3) is 5.52. The fourth-order valence-electron chi connectivity index (χ4n) is 9.92. The Labute approximate surface area is 363 Å². The average Bonchev–Trinajstić information content (AvgIpc) is 4.03. The molecule has 63 heavy (non-hydrogen) atoms. The minimum absolute atomic E-state index is 0.819. The number of pyridine rings is 1. The first-order valence-corrected chi connectivity index (χ1v) is 21.5. The van der Waals surface area contributed by atoms with Crippen LogP contribution in [-0.2, 0) is 0 Å². The van der Waals surface area contributed by atoms with Crippen molar-refractivity contribution in [2.24, 2.45) is 0 Å². The molecule has 0 radical (unpaired) electrons. The van der Waals surface area contributed by atoms with Gasteiger partial charge in [0, 0.05) is 55.0 Å². The first-order chi connectivity index (χ1) is 31.3. The number of hydrogen-bond donors (Lipinski definition) is 0. The quantitative estimate of drug-likeness (QED) is 0.168. The SMILES string of the molecule is c1ccc(-c2oc3c(c(-c4ccccc4)nc4ccc(-c5cc(-n6c7ccccc7c7ccccc76)cc(-n6c7ccccc7c7ccccc76)c5)cc43)c2-c2ccccc2)cc1. The molecule has 0 atom stereocenters. The molecular formula is C59H37N3O. The highest BCUT2D eigenvalue weighted by molar-refractivity contribution is 6.17. The second-order valence-electron chi connectivity index (χ2n) is 16.3. The highest BCUT2D eigenvalue weighted by Gasteiger charge is 2.25. The van der Waals surface area contributed by atoms with E-state index in [0.29, 0.717) is 0 Å². The number of nitrogens with zero attached hydrogens (tertiary/aromatic N) is 3. The number of fused-ring (bicyclic) bond motifs is 9. The van der Waals surface area contributed by atoms with Gasteiger partial charge in [-0.3, -0.25) is 0 Å². The Kier molecular flexibility index (Phi) is 7.87. The number of aromatic nitrogens is 3. The maximum Gasteiger partial charge on any atom is 0.147 e. The third-order valence-electron chi connectivity index (χ3n) is 12.7. The second-order valence-corrected chi connectivity index (χ2v) is 16.3. The maximum absolute atomic E-state index is 7.22. The zero-order valence-corrected chi connectivity index (χ0v) is 34.1. The van der Waals surface area contributed by atoms with Gasteiger partial charge < -0.3 is 13.6 Å². The summed E-state index contributed by atoms with van der Waals surface area (Å²) in [6.07, 6.45) is 0. The van der Waals surface area contributed by atoms with E-state index in [2.05, 4.69) is 228 Å². The van der Waals surface area contributed by atoms with Gasteiger partial charge in [0.05, 0.1) is 38.7 Å². The predicted octanol–water partition coefficient (Wildman–Crippen LogP) is 15.8. The van der Waals surface area contributed by atoms with E-state index in [4.69, 9.17) is 9.40 Å². The Morgan fingerprint density at radius 2 is 0.778 bits per heavy atom. The molecule has 4 nitrogen and oxygen atoms in total. The van der Waals surface area contributed by atoms with Crippen LogP contribution in [0.25, 0.3) is 122 Å². The summed E-state index contributed by atoms with van der Waals surface area (Å²) >= 11 is 0. The van der Waals surface area contributed by atoms with E-state index in [0.717, 1.165) is 78.1 Å². The molecule has 0 amide bonds. The molecule has 4 aromatic heterocycles. The second kappa shape index (κ2) is 14.1. The highest BCUT2D eigenvalue weighted by atomic mass is 16.3. The number of benzene rings is 9. The van der Waals surface area contributed by atoms with E-state index < -0.39 is 0 Å². The van der Waals surface area contributed by atoms with Gasteiger partial charge in [0.1, 0.15) is 11.3 Å². The summed E-state index contributed by atoms with van der Waals surface area (Å²) in [4.78, 5) is 5.49. The monoisotopic (exact) mass is 803 g/mol. The van der Waals surface area contributed by atoms with Crippen LogP contribution in [0.15, 0.2) is 229 Å². The van der Waals surface area contributed by atoms with Gasteiger partial charge in [-0.2, -0.15) is 0 Å². The molecule has 0 aliphatic heterocycles. The van der Waals surface area contributed by atoms with Crippen molar-refractivity contribution >= 4 is 65.5 Å². The van der Waals surface area contributed by atoms with E-state index in [1.54, 1.807) is 0 Å². The van der Waals surface area contributed by atoms with Crippen molar-refractivity contribution in [3.63, 3.8) is 0 Å². The van der Waals surface area contributed by atoms with Gasteiger partial charge in [-0.05, 0) is 71.3 Å². The summed E-state index contributed by atoms with van der Waals surface area (Å²) < 4.78 is 12.1. The molecule has 0 saturated carbocycles. The fourth-order valence-corrected chi connectivity index (χ4v) is 9.92. The molecule has 0 saturated heterocycles. The Morgan fingerprint density at radius 1 is 0.333 bits per heavy atom. The van der Waals surface area contributed by atoms with Gasteiger partial charge in [-0.1, -0.05) is 170 Å². The number of para-hydroxylation sites is 4. The molecule has 0 spiro atoms. The third-order valence-corrected chi connectivity index (χ3v) is 12.7. The number of furan rings is 1. The largest absolute Gasteiger partial charge is 0.455 e. The van der Waals surface area contributed by atoms with Crippen molar-refractivity contribution in [3.8, 4) is 56.2 Å². The normalized spacial score (nSPS) is 11.8. The molecule has 0 aliphatic rings. The molecule has 0 bridgehead atoms. The lowest BCUT2D eigenvalue weighted by molar-refractivity contribution is 0.636. The number of rotatable bonds is 6. The van der Waals surface area contributed by atoms with Crippen LogP contribution in [0.4, 0.5) is 0 Å². The van der Waals surface area contributed by atoms with Crippen LogP contribution < -0.4 is 0 Å². The molecule has 0 fully saturated rings. The molecule has 4 heteroatoms. The molecule has 13 rings (SSSR count). The van der Waals surface area contributed by atoms with E-state index in [-0.39, 0.29) is 0 Å². The number of hydrogen-bond acceptors (Lipinski definition) is 2. The topological polar surface area (TPSA) is 35.9 Å². The zero-order chi connectivity index (χ0) is 41.4. The Morgan fingerprint density at radius 3 is 1.29 bits per heavy atom. The van der Waals surface area contributed by atoms with Crippen LogP contribution in [0.1, 0.15) is 0 Å². The van der Waals surface area contributed by atoms with Crippen LogP contribution in [0.3, 0.4) is 0 Å². The van der Waals surface area contributed by atoms with E-state index in [1.165, 1.54) is 43.6 Å². The van der Waals surface area contributed by atoms with Crippen LogP contribution in [0.2, 0.25) is 0 Å². The van der Waals surface area contributed by atoms with Crippen molar-refractivity contribution < 1.29 is 4.42 Å². The van der Waals surface area contributed by atoms with E-state index in [9.17, 15) is 0 Å². The molecule has 294 valence electrons. The summed E-state index contributed by atoms with van der Waals surface area (Å²) in [6.45, 7) is 0. The molecule has 0 N–H and O–H groups in total. The maximum atomic E-state index is 7.22. The van der Waals surface area contributed by atoms with Crippen molar-refractivity contribution in [3.05, 3.63) is 224 Å². The highest BCUT2D eigenvalue weighted by Crippen LogP contribution is 2.47. The lowest BCUT2D eigenvalue weighted by Gasteiger charge is -2.16. The summed E-state index contributed by atoms with van der Waals surface area (Å²) in [7, 11) is 0. The molecule has 13 aromatic rings. The van der Waals surface area contributed by atoms with Gasteiger partial charge in [0.25, 0.3) is 0 Å². The van der Waals surface area contributed by atoms with E-state index >= 15 is 0 Å². The minimum Gasteiger partial charge on any atom is -0.455 e. The lowest BCUT2D eigenvalue weighted by atomic mass is 9.94. The van der Waals surface area contributed by atoms with Crippen LogP contribution in [0, 0.1) is 0 Å². The Hall–Kier alpha value is -8.47. The Bertz CT molecular complexity index is 3660. The summed E-state index contributed by atoms with van der Waals surface area (Å²) in [6, 6.07) is 80.2. The standard InChI is InChI=1S/C59H37N3O/c1-4-18-38(19-5-1)55-56-57(39-20-6-2-7-21-39)60-50-33-32-41(36-49(50)59(56)63-58(55)40-22-8-3-9-23-40)42-34-43(61-51-28-14-10-24-45(51)46-25-11-15-29-52(46)61)37-44(35-42)62-53-30-16-12-26-47(53)48-27-13-17-31-54(48)62/h1-37H. The van der Waals surface area contributed by atoms with E-state index in [1.807, 2.05) is 6.07 Å². The average molecular weight is 804 g/mol. The fraction of sp³-hybridized carbons (Fsp3) is 0. The van der Waals surface area contributed by atoms with Crippen molar-refractivity contribution in [2.45, 2.75) is 0 Å². The van der Waals surface area contributed by atoms with Crippen molar-refractivity contribution in [1.82, 2.24) is 14.1 Å². The van der Waals surface area contributed by atoms with Gasteiger partial charge in [-0.15, -0.1) is 0 Å². The molecule has 9 aromatic carbocycles.